The molecule has 0 aliphatic carbocycles. The molecule has 26 heavy (non-hydrogen) atoms. The van der Waals surface area contributed by atoms with E-state index in [4.69, 9.17) is 0 Å². The third kappa shape index (κ3) is 18.5. The van der Waals surface area contributed by atoms with E-state index < -0.39 is 0 Å². The number of hydrogen-bond acceptors (Lipinski definition) is 0. The average molecular weight is 357 g/mol. The molecular weight excluding hydrogens is 312 g/mol. The minimum Gasteiger partial charge on any atom is -0.0991 e. The molecule has 148 valence electrons. The van der Waals surface area contributed by atoms with Crippen LogP contribution in [-0.4, -0.2) is 0 Å². The molecule has 0 bridgehead atoms. The first-order valence-corrected chi connectivity index (χ1v) is 10.1. The van der Waals surface area contributed by atoms with Crippen molar-refractivity contribution >= 4 is 6.08 Å². The predicted molar refractivity (Wildman–Crippen MR) is 126 cm³/mol. The quantitative estimate of drug-likeness (QED) is 0.445. The maximum absolute atomic E-state index is 3.95. The number of aryl methyl sites for hydroxylation is 1. The van der Waals surface area contributed by atoms with E-state index in [0.717, 1.165) is 12.3 Å². The second-order valence-electron chi connectivity index (χ2n) is 6.05. The highest BCUT2D eigenvalue weighted by Crippen LogP contribution is 2.13. The van der Waals surface area contributed by atoms with Gasteiger partial charge in [-0.3, -0.25) is 0 Å². The average Bonchev–Trinajstić information content (AvgIpc) is 2.65. The summed E-state index contributed by atoms with van der Waals surface area (Å²) in [5.74, 6) is 0.747. The highest BCUT2D eigenvalue weighted by atomic mass is 14.0. The first kappa shape index (κ1) is 29.0. The Morgan fingerprint density at radius 3 is 2.04 bits per heavy atom. The Bertz CT molecular complexity index is 511. The van der Waals surface area contributed by atoms with E-state index in [1.807, 2.05) is 39.8 Å². The van der Waals surface area contributed by atoms with Gasteiger partial charge in [0.05, 0.1) is 0 Å². The topological polar surface area (TPSA) is 0 Å². The molecule has 0 saturated carbocycles. The van der Waals surface area contributed by atoms with Gasteiger partial charge in [0.15, 0.2) is 0 Å². The molecule has 1 aromatic rings. The Balaban J connectivity index is -0.000000341. The third-order valence-electron chi connectivity index (χ3n) is 3.41. The molecule has 0 nitrogen and oxygen atoms in total. The van der Waals surface area contributed by atoms with Crippen molar-refractivity contribution in [2.75, 3.05) is 0 Å². The van der Waals surface area contributed by atoms with E-state index >= 15 is 0 Å². The van der Waals surface area contributed by atoms with Crippen LogP contribution in [0.5, 0.6) is 0 Å². The van der Waals surface area contributed by atoms with Gasteiger partial charge in [0.25, 0.3) is 0 Å². The minimum absolute atomic E-state index is 0.747. The van der Waals surface area contributed by atoms with Crippen molar-refractivity contribution in [1.29, 1.82) is 0 Å². The molecule has 0 amide bonds. The van der Waals surface area contributed by atoms with Crippen LogP contribution in [0.15, 0.2) is 66.8 Å². The monoisotopic (exact) mass is 356 g/mol. The van der Waals surface area contributed by atoms with Crippen molar-refractivity contribution in [3.8, 4) is 0 Å². The van der Waals surface area contributed by atoms with Crippen molar-refractivity contribution in [3.63, 3.8) is 0 Å². The molecule has 0 spiro atoms. The van der Waals surface area contributed by atoms with E-state index in [9.17, 15) is 0 Å². The largest absolute Gasteiger partial charge is 0.0991 e. The van der Waals surface area contributed by atoms with Gasteiger partial charge >= 0.3 is 0 Å². The van der Waals surface area contributed by atoms with Crippen molar-refractivity contribution in [1.82, 2.24) is 0 Å². The number of allylic oxidation sites excluding steroid dienone is 5. The summed E-state index contributed by atoms with van der Waals surface area (Å²) in [5.41, 5.74) is 5.21. The predicted octanol–water partition coefficient (Wildman–Crippen LogP) is 9.19. The molecule has 0 radical (unpaired) electrons. The molecule has 1 rings (SSSR count). The van der Waals surface area contributed by atoms with Crippen LogP contribution in [0.25, 0.3) is 6.08 Å². The molecule has 0 fully saturated rings. The zero-order valence-corrected chi connectivity index (χ0v) is 19.0. The van der Waals surface area contributed by atoms with Crippen LogP contribution in [-0.2, 0) is 0 Å². The summed E-state index contributed by atoms with van der Waals surface area (Å²) < 4.78 is 0. The molecule has 0 heteroatoms. The van der Waals surface area contributed by atoms with E-state index in [1.54, 1.807) is 6.08 Å². The van der Waals surface area contributed by atoms with Crippen molar-refractivity contribution in [2.45, 2.75) is 75.2 Å². The third-order valence-corrected chi connectivity index (χ3v) is 3.41. The molecular formula is C26H44. The highest BCUT2D eigenvalue weighted by Gasteiger charge is 1.98. The maximum atomic E-state index is 3.95. The Morgan fingerprint density at radius 1 is 1.08 bits per heavy atom. The Labute approximate surface area is 165 Å². The fourth-order valence-corrected chi connectivity index (χ4v) is 1.92. The number of rotatable bonds is 6. The van der Waals surface area contributed by atoms with Gasteiger partial charge in [0.1, 0.15) is 0 Å². The van der Waals surface area contributed by atoms with Gasteiger partial charge in [-0.25, -0.2) is 0 Å². The van der Waals surface area contributed by atoms with Gasteiger partial charge < -0.3 is 0 Å². The van der Waals surface area contributed by atoms with Gasteiger partial charge in [-0.15, -0.1) is 0 Å². The van der Waals surface area contributed by atoms with Crippen molar-refractivity contribution in [2.24, 2.45) is 5.92 Å². The van der Waals surface area contributed by atoms with Gasteiger partial charge in [-0.1, -0.05) is 121 Å². The van der Waals surface area contributed by atoms with Gasteiger partial charge in [-0.2, -0.15) is 0 Å². The van der Waals surface area contributed by atoms with Crippen LogP contribution >= 0.6 is 0 Å². The standard InChI is InChI=1S/C11H14.C11H18.2C2H6/c1-9(2)8-11-7-5-4-6-10(11)3;1-5-7-8-11(4)9-10(3)6-2;2*1-2/h4-8H,1-3H3;5,7-8,10H,1,4,6,9H2,2-3H3;2*1-2H3/b;8-7-;;. The Kier molecular flexibility index (Phi) is 23.6. The fraction of sp³-hybridized carbons (Fsp3) is 0.462. The minimum atomic E-state index is 0.747. The van der Waals surface area contributed by atoms with E-state index in [-0.39, 0.29) is 0 Å². The summed E-state index contributed by atoms with van der Waals surface area (Å²) in [7, 11) is 0. The second kappa shape index (κ2) is 21.2. The lowest BCUT2D eigenvalue weighted by atomic mass is 10.00. The lowest BCUT2D eigenvalue weighted by Gasteiger charge is -2.06. The molecule has 1 aromatic carbocycles. The zero-order chi connectivity index (χ0) is 21.0. The SMILES string of the molecule is C=C/C=C\C(=C)CC(C)CC.CC.CC.CC(C)=Cc1ccccc1C. The molecule has 0 aromatic heterocycles. The first-order chi connectivity index (χ1) is 12.4. The van der Waals surface area contributed by atoms with Crippen LogP contribution in [0.1, 0.15) is 79.4 Å². The molecule has 0 saturated heterocycles. The molecule has 0 heterocycles. The summed E-state index contributed by atoms with van der Waals surface area (Å²) in [6.45, 7) is 26.4. The van der Waals surface area contributed by atoms with Crippen LogP contribution in [0.4, 0.5) is 0 Å². The fourth-order valence-electron chi connectivity index (χ4n) is 1.92. The van der Waals surface area contributed by atoms with Crippen LogP contribution in [0, 0.1) is 12.8 Å². The highest BCUT2D eigenvalue weighted by molar-refractivity contribution is 5.55. The van der Waals surface area contributed by atoms with Gasteiger partial charge in [-0.05, 0) is 44.2 Å². The lowest BCUT2D eigenvalue weighted by Crippen LogP contribution is -1.91. The van der Waals surface area contributed by atoms with E-state index in [2.05, 4.69) is 78.1 Å². The molecule has 0 aliphatic rings. The zero-order valence-electron chi connectivity index (χ0n) is 19.0. The Hall–Kier alpha value is -1.82. The van der Waals surface area contributed by atoms with Gasteiger partial charge in [0, 0.05) is 0 Å². The van der Waals surface area contributed by atoms with Crippen molar-refractivity contribution < 1.29 is 0 Å². The number of benzene rings is 1. The molecule has 0 N–H and O–H groups in total. The smallest absolute Gasteiger partial charge is 0.0228 e. The van der Waals surface area contributed by atoms with E-state index in [1.165, 1.54) is 28.7 Å². The van der Waals surface area contributed by atoms with Crippen LogP contribution in [0.3, 0.4) is 0 Å². The Morgan fingerprint density at radius 2 is 1.62 bits per heavy atom. The summed E-state index contributed by atoms with van der Waals surface area (Å²) in [6.07, 6.45) is 10.3. The summed E-state index contributed by atoms with van der Waals surface area (Å²) >= 11 is 0. The molecule has 1 unspecified atom stereocenters. The summed E-state index contributed by atoms with van der Waals surface area (Å²) in [4.78, 5) is 0. The summed E-state index contributed by atoms with van der Waals surface area (Å²) in [6, 6.07) is 8.41. The molecule has 1 atom stereocenters. The summed E-state index contributed by atoms with van der Waals surface area (Å²) in [5, 5.41) is 0. The van der Waals surface area contributed by atoms with E-state index in [0.29, 0.717) is 0 Å². The maximum Gasteiger partial charge on any atom is -0.0228 e. The van der Waals surface area contributed by atoms with Crippen LogP contribution < -0.4 is 0 Å². The van der Waals surface area contributed by atoms with Gasteiger partial charge in [0.2, 0.25) is 0 Å². The molecule has 0 aliphatic heterocycles. The van der Waals surface area contributed by atoms with Crippen LogP contribution in [0.2, 0.25) is 0 Å². The normalized spacial score (nSPS) is 10.0. The number of hydrogen-bond donors (Lipinski definition) is 0. The van der Waals surface area contributed by atoms with Crippen molar-refractivity contribution in [3.05, 3.63) is 77.9 Å². The first-order valence-electron chi connectivity index (χ1n) is 10.1. The lowest BCUT2D eigenvalue weighted by molar-refractivity contribution is 0.563. The second-order valence-corrected chi connectivity index (χ2v) is 6.05.